The second kappa shape index (κ2) is 72.3. The number of alkyl halides is 5. The molecule has 0 radical (unpaired) electrons. The van der Waals surface area contributed by atoms with Gasteiger partial charge < -0.3 is 85.8 Å². The molecule has 26 nitrogen and oxygen atoms in total. The van der Waals surface area contributed by atoms with E-state index in [0.717, 1.165) is 49.5 Å². The first-order valence-corrected chi connectivity index (χ1v) is 33.7. The van der Waals surface area contributed by atoms with Crippen molar-refractivity contribution in [2.24, 2.45) is 0 Å². The number of aliphatic hydroxyl groups is 3. The number of ether oxygens (including phenoxy) is 13. The number of aliphatic carboxylic acids is 1. The highest BCUT2D eigenvalue weighted by Crippen LogP contribution is 2.16. The summed E-state index contributed by atoms with van der Waals surface area (Å²) in [7, 11) is 0. The number of hydrogen-bond donors (Lipinski definition) is 4. The van der Waals surface area contributed by atoms with Gasteiger partial charge in [-0.2, -0.15) is 0 Å². The van der Waals surface area contributed by atoms with Crippen LogP contribution in [0, 0.1) is 0 Å². The van der Waals surface area contributed by atoms with E-state index in [1.807, 2.05) is 6.92 Å². The number of halogens is 5. The van der Waals surface area contributed by atoms with Gasteiger partial charge in [-0.25, -0.2) is 19.2 Å². The Labute approximate surface area is 566 Å². The van der Waals surface area contributed by atoms with Gasteiger partial charge in [-0.15, -0.1) is 58.0 Å². The fourth-order valence-corrected chi connectivity index (χ4v) is 5.79. The molecule has 1 saturated carbocycles. The standard InChI is InChI=1S/2C8H13ClO5.C8H16.C6H13ClO2.C6H8O4.C5H11ClO2.C4H8ClO2.C4H4O3.C4H8O.C3H6O.C2H4O.Al.2H/c1-5(10)7(11)14-6(2)8(12)13-4-3-9;9-3-4-13-5-6-14-8(12)2-1-7(10)11;1-2-4-6-8-7-5-3-1;1-2-6(8)5-9-4-3-7;1-3-5(7)10-4(2)6(8)9-3;1-5(7)4-8-3-2-6;5-1-3-7-4-2-6;5-3-1-2-4(6)7-3;1-2-4-3-5-4;1-3-2-4-3;1-2-3-1;;;/h5-6,10H,3-4H2,1-2H3;1-6H2,(H,10,11);1-8H2;6,8H,2-5H2,1H3;3-4H,1-2H3;5,7H,2-4H2,1H3;1-4H2;1-2H2;4H,2-3H2,1H3;3H,2H2,1H3;1-2H2;;;/q;;;;;;-1;;;;;+1;;. The van der Waals surface area contributed by atoms with Gasteiger partial charge in [0.15, 0.2) is 18.3 Å². The van der Waals surface area contributed by atoms with Crippen LogP contribution in [0.4, 0.5) is 0 Å². The van der Waals surface area contributed by atoms with Crippen LogP contribution in [0.3, 0.4) is 0 Å². The Hall–Kier alpha value is -2.50. The highest BCUT2D eigenvalue weighted by atomic mass is 35.5. The molecule has 8 atom stereocenters. The number of carbonyl (C=O) groups excluding carboxylic acids is 7. The fraction of sp³-hybridized carbons (Fsp3) is 0.862. The molecule has 6 rings (SSSR count). The van der Waals surface area contributed by atoms with E-state index in [2.05, 4.69) is 47.0 Å². The van der Waals surface area contributed by atoms with Crippen LogP contribution in [0.25, 0.3) is 0 Å². The normalized spacial score (nSPS) is 19.0. The molecule has 1 aliphatic carbocycles. The number of esters is 7. The Balaban J connectivity index is -0.000000300. The summed E-state index contributed by atoms with van der Waals surface area (Å²) in [6, 6.07) is 0. The molecule has 0 spiro atoms. The van der Waals surface area contributed by atoms with Crippen molar-refractivity contribution in [3.8, 4) is 0 Å². The van der Waals surface area contributed by atoms with Gasteiger partial charge in [0.25, 0.3) is 0 Å². The number of aliphatic hydroxyl groups excluding tert-OH is 3. The van der Waals surface area contributed by atoms with Gasteiger partial charge in [-0.05, 0) is 54.4 Å². The molecule has 6 fully saturated rings. The Kier molecular flexibility index (Phi) is 77.3. The third-order valence-electron chi connectivity index (χ3n) is 10.4. The van der Waals surface area contributed by atoms with E-state index < -0.39 is 72.2 Å². The summed E-state index contributed by atoms with van der Waals surface area (Å²) in [5.41, 5.74) is 0. The van der Waals surface area contributed by atoms with Crippen molar-refractivity contribution in [2.45, 2.75) is 194 Å². The molecule has 32 heteroatoms. The van der Waals surface area contributed by atoms with E-state index in [0.29, 0.717) is 88.6 Å². The van der Waals surface area contributed by atoms with E-state index in [1.54, 1.807) is 6.92 Å². The van der Waals surface area contributed by atoms with E-state index in [1.165, 1.54) is 85.5 Å². The lowest BCUT2D eigenvalue weighted by Gasteiger charge is -2.22. The van der Waals surface area contributed by atoms with E-state index >= 15 is 0 Å². The molecule has 5 saturated heterocycles. The molecule has 8 unspecified atom stereocenters. The zero-order chi connectivity index (χ0) is 69.2. The average molecular weight is 1420 g/mol. The number of carboxylic acids is 1. The zero-order valence-electron chi connectivity index (χ0n) is 54.3. The summed E-state index contributed by atoms with van der Waals surface area (Å²) < 4.78 is 65.8. The summed E-state index contributed by atoms with van der Waals surface area (Å²) in [4.78, 5) is 84.1. The predicted molar refractivity (Wildman–Crippen MR) is 340 cm³/mol. The quantitative estimate of drug-likeness (QED) is 0.0128. The first kappa shape index (κ1) is 96.2. The van der Waals surface area contributed by atoms with Crippen LogP contribution in [-0.4, -0.2) is 262 Å². The van der Waals surface area contributed by atoms with Gasteiger partial charge >= 0.3 is 64.4 Å². The highest BCUT2D eigenvalue weighted by Gasteiger charge is 2.32. The molecule has 4 N–H and O–H groups in total. The third kappa shape index (κ3) is 85.5. The van der Waals surface area contributed by atoms with Crippen LogP contribution in [0.2, 0.25) is 0 Å². The predicted octanol–water partition coefficient (Wildman–Crippen LogP) is 6.22. The SMILES string of the molecule is C1CCCCCCC1.C1CO1.CC(O)C(=O)OC(C)C(=O)OCCCl.CC(O)COCCCl.CC1CO1.CC1OC(=O)C(C)OC1=O.CCC(O)COCCCl.CCC1CO1.O=C(O)CCC(=O)OCCOCCCl.O=C1CCC(=O)O1.[AlH2][O]CCOCCCl. The van der Waals surface area contributed by atoms with Crippen molar-refractivity contribution in [3.63, 3.8) is 0 Å². The largest absolute Gasteiger partial charge is 0.504 e. The lowest BCUT2D eigenvalue weighted by molar-refractivity contribution is -0.191. The maximum absolute atomic E-state index is 11.0. The van der Waals surface area contributed by atoms with Gasteiger partial charge in [0.05, 0.1) is 135 Å². The van der Waals surface area contributed by atoms with E-state index in [9.17, 15) is 38.4 Å². The molecule has 5 aliphatic heterocycles. The number of epoxide rings is 3. The minimum absolute atomic E-state index is 0.0664. The molecule has 0 amide bonds. The van der Waals surface area contributed by atoms with Gasteiger partial charge in [0, 0.05) is 30.1 Å². The smallest absolute Gasteiger partial charge is 0.410 e. The highest BCUT2D eigenvalue weighted by molar-refractivity contribution is 6.18. The minimum Gasteiger partial charge on any atom is -0.504 e. The van der Waals surface area contributed by atoms with Crippen LogP contribution in [-0.2, 0) is 104 Å². The van der Waals surface area contributed by atoms with Crippen LogP contribution >= 0.6 is 58.0 Å². The van der Waals surface area contributed by atoms with Crippen molar-refractivity contribution in [2.75, 3.05) is 129 Å². The van der Waals surface area contributed by atoms with E-state index in [-0.39, 0.29) is 63.6 Å². The maximum atomic E-state index is 11.0. The van der Waals surface area contributed by atoms with Crippen molar-refractivity contribution >= 4 is 122 Å². The first-order valence-electron chi connectivity index (χ1n) is 30.2. The van der Waals surface area contributed by atoms with Crippen LogP contribution in [0.1, 0.15) is 145 Å². The Bertz CT molecular complexity index is 1660. The van der Waals surface area contributed by atoms with Crippen molar-refractivity contribution in [3.05, 3.63) is 0 Å². The monoisotopic (exact) mass is 1420 g/mol. The third-order valence-corrected chi connectivity index (χ3v) is 11.5. The van der Waals surface area contributed by atoms with Gasteiger partial charge in [-0.3, -0.25) is 19.2 Å². The molecular formula is C58H106AlCl5O26. The Morgan fingerprint density at radius 3 is 1.29 bits per heavy atom. The lowest BCUT2D eigenvalue weighted by Crippen LogP contribution is -2.40. The Morgan fingerprint density at radius 1 is 0.578 bits per heavy atom. The second-order valence-electron chi connectivity index (χ2n) is 19.2. The molecule has 0 bridgehead atoms. The summed E-state index contributed by atoms with van der Waals surface area (Å²) >= 11 is 27.3. The summed E-state index contributed by atoms with van der Waals surface area (Å²) in [6.07, 6.45) is 10.9. The maximum Gasteiger partial charge on any atom is 0.410 e. The van der Waals surface area contributed by atoms with Crippen molar-refractivity contribution in [1.29, 1.82) is 0 Å². The average Bonchev–Trinajstić information content (AvgIpc) is 4.10. The van der Waals surface area contributed by atoms with Gasteiger partial charge in [0.1, 0.15) is 19.3 Å². The lowest BCUT2D eigenvalue weighted by atomic mass is 10.0. The first-order chi connectivity index (χ1) is 42.9. The molecule has 0 aromatic heterocycles. The molecule has 6 aliphatic rings. The number of carboxylic acid groups (broad SMARTS) is 1. The Morgan fingerprint density at radius 2 is 0.989 bits per heavy atom. The topological polar surface area (TPSA) is 357 Å². The van der Waals surface area contributed by atoms with Crippen molar-refractivity contribution in [1.82, 2.24) is 0 Å². The summed E-state index contributed by atoms with van der Waals surface area (Å²) in [6.45, 7) is 22.1. The van der Waals surface area contributed by atoms with Crippen molar-refractivity contribution < 1.29 is 124 Å². The van der Waals surface area contributed by atoms with Gasteiger partial charge in [0.2, 0.25) is 0 Å². The second-order valence-corrected chi connectivity index (χ2v) is 21.7. The number of hydrogen-bond acceptors (Lipinski definition) is 25. The summed E-state index contributed by atoms with van der Waals surface area (Å²) in [5, 5.41) is 34.6. The summed E-state index contributed by atoms with van der Waals surface area (Å²) in [5.74, 6) is -2.70. The number of cyclic esters (lactones) is 4. The molecule has 0 aromatic carbocycles. The molecule has 0 aromatic rings. The number of rotatable bonds is 28. The van der Waals surface area contributed by atoms with Crippen LogP contribution in [0.15, 0.2) is 0 Å². The minimum atomic E-state index is -1.25. The zero-order valence-corrected chi connectivity index (χ0v) is 60.1. The molecule has 532 valence electrons. The fourth-order valence-electron chi connectivity index (χ4n) is 5.11. The van der Waals surface area contributed by atoms with Crippen LogP contribution < -0.4 is 0 Å². The van der Waals surface area contributed by atoms with Crippen LogP contribution in [0.5, 0.6) is 0 Å². The van der Waals surface area contributed by atoms with E-state index in [4.69, 9.17) is 111 Å². The molecule has 90 heavy (non-hydrogen) atoms. The molecular weight excluding hydrogens is 1320 g/mol. The molecule has 5 heterocycles. The van der Waals surface area contributed by atoms with Gasteiger partial charge in [-0.1, -0.05) is 65.2 Å². The number of carbonyl (C=O) groups is 8.